The first-order valence-corrected chi connectivity index (χ1v) is 19.1. The molecule has 0 saturated heterocycles. The number of benzene rings is 6. The van der Waals surface area contributed by atoms with Crippen LogP contribution >= 0.6 is 0 Å². The highest BCUT2D eigenvalue weighted by atomic mass is 15.3. The van der Waals surface area contributed by atoms with Crippen LogP contribution in [0, 0.1) is 5.92 Å². The van der Waals surface area contributed by atoms with E-state index in [1.54, 1.807) is 0 Å². The fourth-order valence-electron chi connectivity index (χ4n) is 8.45. The van der Waals surface area contributed by atoms with Crippen LogP contribution in [0.1, 0.15) is 30.8 Å². The fourth-order valence-corrected chi connectivity index (χ4v) is 8.45. The van der Waals surface area contributed by atoms with Crippen molar-refractivity contribution in [3.8, 4) is 33.6 Å². The third kappa shape index (κ3) is 5.78. The van der Waals surface area contributed by atoms with E-state index < -0.39 is 0 Å². The van der Waals surface area contributed by atoms with E-state index in [1.165, 1.54) is 49.0 Å². The van der Waals surface area contributed by atoms with Crippen LogP contribution in [0.4, 0.5) is 11.4 Å². The molecule has 6 aromatic carbocycles. The van der Waals surface area contributed by atoms with Crippen LogP contribution in [0.15, 0.2) is 176 Å². The molecule has 0 amide bonds. The van der Waals surface area contributed by atoms with Gasteiger partial charge in [0.1, 0.15) is 0 Å². The summed E-state index contributed by atoms with van der Waals surface area (Å²) in [4.78, 5) is 12.1. The second-order valence-electron chi connectivity index (χ2n) is 14.5. The highest BCUT2D eigenvalue weighted by Gasteiger charge is 2.23. The quantitative estimate of drug-likeness (QED) is 0.162. The van der Waals surface area contributed by atoms with Gasteiger partial charge in [-0.05, 0) is 121 Å². The largest absolute Gasteiger partial charge is 0.660 e. The number of rotatable bonds is 6. The molecule has 10 rings (SSSR count). The predicted molar refractivity (Wildman–Crippen MR) is 232 cm³/mol. The van der Waals surface area contributed by atoms with Crippen molar-refractivity contribution >= 4 is 49.3 Å². The number of pyridine rings is 2. The van der Waals surface area contributed by atoms with Gasteiger partial charge in [0.05, 0.1) is 17.1 Å². The first-order valence-electron chi connectivity index (χ1n) is 19.1. The molecule has 0 bridgehead atoms. The molecule has 264 valence electrons. The van der Waals surface area contributed by atoms with Crippen LogP contribution in [0.2, 0.25) is 0 Å². The van der Waals surface area contributed by atoms with Gasteiger partial charge in [0.15, 0.2) is 0 Å². The van der Waals surface area contributed by atoms with Gasteiger partial charge in [-0.3, -0.25) is 4.98 Å². The van der Waals surface area contributed by atoms with Gasteiger partial charge in [0.25, 0.3) is 0 Å². The monoisotopic (exact) mass is 707 g/mol. The lowest BCUT2D eigenvalue weighted by molar-refractivity contribution is 0.776. The molecule has 0 saturated carbocycles. The van der Waals surface area contributed by atoms with E-state index in [4.69, 9.17) is 10.3 Å². The molecular weight excluding hydrogens is 669 g/mol. The molecule has 2 aliphatic rings. The first-order chi connectivity index (χ1) is 27.1. The van der Waals surface area contributed by atoms with Gasteiger partial charge in [-0.2, -0.15) is 0 Å². The maximum Gasteiger partial charge on any atom is 0.0896 e. The van der Waals surface area contributed by atoms with Gasteiger partial charge in [0.2, 0.25) is 0 Å². The van der Waals surface area contributed by atoms with Crippen molar-refractivity contribution in [3.63, 3.8) is 0 Å². The molecular formula is C51H39N4-. The second kappa shape index (κ2) is 13.6. The molecule has 0 N–H and O–H groups in total. The zero-order chi connectivity index (χ0) is 36.9. The minimum atomic E-state index is -0.214. The minimum Gasteiger partial charge on any atom is -0.660 e. The molecule has 1 aliphatic carbocycles. The number of anilines is 1. The van der Waals surface area contributed by atoms with Gasteiger partial charge in [0, 0.05) is 18.9 Å². The number of allylic oxidation sites excluding steroid dienone is 6. The Balaban J connectivity index is 1.09. The molecule has 2 atom stereocenters. The van der Waals surface area contributed by atoms with Gasteiger partial charge in [-0.15, -0.1) is 5.69 Å². The van der Waals surface area contributed by atoms with Crippen molar-refractivity contribution in [1.82, 2.24) is 9.97 Å². The average Bonchev–Trinajstić information content (AvgIpc) is 3.39. The summed E-state index contributed by atoms with van der Waals surface area (Å²) in [6, 6.07) is 50.3. The van der Waals surface area contributed by atoms with Crippen molar-refractivity contribution in [2.24, 2.45) is 5.92 Å². The van der Waals surface area contributed by atoms with Crippen LogP contribution in [0.3, 0.4) is 0 Å². The molecule has 55 heavy (non-hydrogen) atoms. The first kappa shape index (κ1) is 32.8. The smallest absolute Gasteiger partial charge is 0.0896 e. The summed E-state index contributed by atoms with van der Waals surface area (Å²) in [6.07, 6.45) is 13.6. The molecule has 0 radical (unpaired) electrons. The summed E-state index contributed by atoms with van der Waals surface area (Å²) in [6.45, 7) is 2.22. The van der Waals surface area contributed by atoms with Crippen LogP contribution in [0.25, 0.3) is 76.8 Å². The fraction of sp³-hybridized carbons (Fsp3) is 0.0980. The Kier molecular flexibility index (Phi) is 8.10. The van der Waals surface area contributed by atoms with Crippen LogP contribution in [-0.4, -0.2) is 17.0 Å². The Morgan fingerprint density at radius 1 is 0.618 bits per heavy atom. The summed E-state index contributed by atoms with van der Waals surface area (Å²) in [5.74, 6) is 0.351. The zero-order valence-corrected chi connectivity index (χ0v) is 30.9. The maximum atomic E-state index is 5.44. The molecule has 2 unspecified atom stereocenters. The summed E-state index contributed by atoms with van der Waals surface area (Å²) >= 11 is 0. The van der Waals surface area contributed by atoms with Gasteiger partial charge in [-0.25, -0.2) is 4.98 Å². The van der Waals surface area contributed by atoms with Crippen molar-refractivity contribution in [2.45, 2.75) is 19.5 Å². The van der Waals surface area contributed by atoms with E-state index in [1.807, 2.05) is 24.4 Å². The molecule has 1 aliphatic heterocycles. The third-order valence-corrected chi connectivity index (χ3v) is 11.2. The predicted octanol–water partition coefficient (Wildman–Crippen LogP) is 13.6. The summed E-state index contributed by atoms with van der Waals surface area (Å²) in [5, 5.41) is 12.9. The van der Waals surface area contributed by atoms with Crippen molar-refractivity contribution in [2.75, 3.05) is 11.9 Å². The summed E-state index contributed by atoms with van der Waals surface area (Å²) in [5.41, 5.74) is 11.8. The van der Waals surface area contributed by atoms with E-state index in [0.717, 1.165) is 51.6 Å². The Bertz CT molecular complexity index is 2810. The lowest BCUT2D eigenvalue weighted by atomic mass is 9.85. The number of hydrogen-bond acceptors (Lipinski definition) is 3. The molecule has 3 heterocycles. The minimum absolute atomic E-state index is 0.214. The number of fused-ring (bicyclic) bond motifs is 4. The number of aromatic nitrogens is 2. The highest BCUT2D eigenvalue weighted by Crippen LogP contribution is 2.52. The van der Waals surface area contributed by atoms with Crippen molar-refractivity contribution in [3.05, 3.63) is 193 Å². The average molecular weight is 708 g/mol. The van der Waals surface area contributed by atoms with Crippen molar-refractivity contribution in [1.29, 1.82) is 0 Å². The van der Waals surface area contributed by atoms with E-state index in [0.29, 0.717) is 5.92 Å². The van der Waals surface area contributed by atoms with E-state index in [-0.39, 0.29) is 6.17 Å². The van der Waals surface area contributed by atoms with Gasteiger partial charge in [-0.1, -0.05) is 140 Å². The molecule has 0 spiro atoms. The number of nitrogens with zero attached hydrogens (tertiary/aromatic N) is 4. The van der Waals surface area contributed by atoms with Crippen LogP contribution < -0.4 is 4.90 Å². The molecule has 4 nitrogen and oxygen atoms in total. The van der Waals surface area contributed by atoms with Crippen molar-refractivity contribution < 1.29 is 0 Å². The van der Waals surface area contributed by atoms with E-state index in [9.17, 15) is 0 Å². The van der Waals surface area contributed by atoms with Gasteiger partial charge < -0.3 is 10.2 Å². The summed E-state index contributed by atoms with van der Waals surface area (Å²) in [7, 11) is 2.14. The lowest BCUT2D eigenvalue weighted by Gasteiger charge is -2.32. The standard InChI is InChI=1S/C51H39N4/c1-3-33-14-4-5-17-36(28-33)45-31-39(32-46(53-45)44-22-12-13-27-52-44)51-54-47-30-38(25-26-48(47)55(51)2)50-42-20-10-8-18-40(42)49(41-19-9-11-21-43(41)50)37-24-23-34-15-6-7-16-35(34)29-37/h4-33,51H,3H2,1-2H3/q-1. The molecule has 4 heteroatoms. The molecule has 8 aromatic rings. The van der Waals surface area contributed by atoms with E-state index in [2.05, 4.69) is 176 Å². The van der Waals surface area contributed by atoms with Crippen LogP contribution in [-0.2, 0) is 0 Å². The number of hydrogen-bond donors (Lipinski definition) is 0. The van der Waals surface area contributed by atoms with E-state index >= 15 is 0 Å². The summed E-state index contributed by atoms with van der Waals surface area (Å²) < 4.78 is 0. The Labute approximate surface area is 321 Å². The van der Waals surface area contributed by atoms with Gasteiger partial charge >= 0.3 is 0 Å². The SMILES string of the molecule is CCC1C=CC=CC(c2cc(C3[N-]c4cc(-c5c6ccccc6c(-c6ccc7ccccc7c6)c6ccccc56)ccc4N3C)cc(-c3ccccn3)n2)=C1. The third-order valence-electron chi connectivity index (χ3n) is 11.2. The second-order valence-corrected chi connectivity index (χ2v) is 14.5. The molecule has 0 fully saturated rings. The Morgan fingerprint density at radius 3 is 1.98 bits per heavy atom. The maximum absolute atomic E-state index is 5.44. The topological polar surface area (TPSA) is 43.1 Å². The Hall–Kier alpha value is -6.78. The normalized spacial score (nSPS) is 16.3. The molecule has 2 aromatic heterocycles. The Morgan fingerprint density at radius 2 is 1.27 bits per heavy atom. The lowest BCUT2D eigenvalue weighted by Crippen LogP contribution is -2.18. The van der Waals surface area contributed by atoms with Crippen LogP contribution in [0.5, 0.6) is 0 Å². The highest BCUT2D eigenvalue weighted by molar-refractivity contribution is 6.22. The zero-order valence-electron chi connectivity index (χ0n) is 30.9.